The van der Waals surface area contributed by atoms with Crippen molar-refractivity contribution in [1.29, 1.82) is 0 Å². The smallest absolute Gasteiger partial charge is 0.325 e. The minimum Gasteiger partial charge on any atom is -0.366 e. The zero-order valence-electron chi connectivity index (χ0n) is 14.9. The van der Waals surface area contributed by atoms with Crippen molar-refractivity contribution in [3.63, 3.8) is 0 Å². The van der Waals surface area contributed by atoms with Crippen LogP contribution in [0.15, 0.2) is 46.1 Å². The number of aromatic amines is 2. The van der Waals surface area contributed by atoms with Gasteiger partial charge in [0.05, 0.1) is 19.1 Å². The molecule has 1 aliphatic heterocycles. The van der Waals surface area contributed by atoms with Crippen LogP contribution < -0.4 is 11.2 Å². The van der Waals surface area contributed by atoms with Crippen LogP contribution in [-0.2, 0) is 16.0 Å². The molecule has 0 aliphatic carbocycles. The van der Waals surface area contributed by atoms with Crippen LogP contribution in [0.3, 0.4) is 0 Å². The quantitative estimate of drug-likeness (QED) is 0.860. The van der Waals surface area contributed by atoms with Gasteiger partial charge in [-0.15, -0.1) is 0 Å². The van der Waals surface area contributed by atoms with E-state index in [1.807, 2.05) is 30.3 Å². The van der Waals surface area contributed by atoms with E-state index in [4.69, 9.17) is 4.74 Å². The molecule has 0 bridgehead atoms. The van der Waals surface area contributed by atoms with Gasteiger partial charge in [-0.1, -0.05) is 44.2 Å². The van der Waals surface area contributed by atoms with Crippen molar-refractivity contribution in [2.24, 2.45) is 5.92 Å². The Kier molecular flexibility index (Phi) is 5.37. The highest BCUT2D eigenvalue weighted by Crippen LogP contribution is 2.28. The fraction of sp³-hybridized carbons (Fsp3) is 0.421. The molecule has 2 atom stereocenters. The van der Waals surface area contributed by atoms with Gasteiger partial charge in [-0.25, -0.2) is 4.79 Å². The second kappa shape index (κ2) is 7.70. The van der Waals surface area contributed by atoms with Gasteiger partial charge in [-0.05, 0) is 11.5 Å². The number of H-pyrrole nitrogens is 2. The Hall–Kier alpha value is -2.67. The molecule has 1 saturated heterocycles. The SMILES string of the molecule is CC(C)[C@H]1CN(C(=O)Cc2c[nH]c(=O)[nH]c2=O)C[C@@H](c2ccccc2)O1. The van der Waals surface area contributed by atoms with Crippen molar-refractivity contribution in [1.82, 2.24) is 14.9 Å². The van der Waals surface area contributed by atoms with Gasteiger partial charge in [0, 0.05) is 18.3 Å². The Morgan fingerprint density at radius 1 is 1.23 bits per heavy atom. The average Bonchev–Trinajstić information content (AvgIpc) is 2.64. The topological polar surface area (TPSA) is 95.3 Å². The third kappa shape index (κ3) is 4.11. The van der Waals surface area contributed by atoms with Gasteiger partial charge < -0.3 is 14.6 Å². The molecular weight excluding hydrogens is 334 g/mol. The highest BCUT2D eigenvalue weighted by Gasteiger charge is 2.33. The molecule has 1 aromatic carbocycles. The number of amides is 1. The molecule has 1 fully saturated rings. The van der Waals surface area contributed by atoms with Gasteiger partial charge >= 0.3 is 5.69 Å². The summed E-state index contributed by atoms with van der Waals surface area (Å²) in [5, 5.41) is 0. The van der Waals surface area contributed by atoms with E-state index < -0.39 is 11.2 Å². The zero-order chi connectivity index (χ0) is 18.7. The molecule has 7 nitrogen and oxygen atoms in total. The van der Waals surface area contributed by atoms with Crippen LogP contribution in [0.5, 0.6) is 0 Å². The van der Waals surface area contributed by atoms with Crippen molar-refractivity contribution in [2.45, 2.75) is 32.5 Å². The normalized spacial score (nSPS) is 20.3. The van der Waals surface area contributed by atoms with E-state index in [1.165, 1.54) is 6.20 Å². The Morgan fingerprint density at radius 3 is 2.62 bits per heavy atom. The van der Waals surface area contributed by atoms with Crippen LogP contribution >= 0.6 is 0 Å². The van der Waals surface area contributed by atoms with Crippen molar-refractivity contribution in [3.8, 4) is 0 Å². The number of rotatable bonds is 4. The number of aromatic nitrogens is 2. The fourth-order valence-electron chi connectivity index (χ4n) is 3.06. The molecule has 1 aliphatic rings. The summed E-state index contributed by atoms with van der Waals surface area (Å²) < 4.78 is 6.19. The molecule has 26 heavy (non-hydrogen) atoms. The number of nitrogens with zero attached hydrogens (tertiary/aromatic N) is 1. The Morgan fingerprint density at radius 2 is 1.96 bits per heavy atom. The van der Waals surface area contributed by atoms with Gasteiger partial charge in [0.2, 0.25) is 5.91 Å². The maximum Gasteiger partial charge on any atom is 0.325 e. The monoisotopic (exact) mass is 357 g/mol. The first-order valence-electron chi connectivity index (χ1n) is 8.73. The Balaban J connectivity index is 1.79. The second-order valence-corrected chi connectivity index (χ2v) is 6.89. The number of carbonyl (C=O) groups is 1. The lowest BCUT2D eigenvalue weighted by Crippen LogP contribution is -2.49. The molecule has 0 saturated carbocycles. The zero-order valence-corrected chi connectivity index (χ0v) is 14.9. The number of ether oxygens (including phenoxy) is 1. The summed E-state index contributed by atoms with van der Waals surface area (Å²) in [5.41, 5.74) is 0.160. The highest BCUT2D eigenvalue weighted by atomic mass is 16.5. The summed E-state index contributed by atoms with van der Waals surface area (Å²) in [4.78, 5) is 42.0. The Labute approximate surface area is 151 Å². The van der Waals surface area contributed by atoms with Crippen LogP contribution in [0.25, 0.3) is 0 Å². The number of morpholine rings is 1. The summed E-state index contributed by atoms with van der Waals surface area (Å²) in [6.07, 6.45) is 0.967. The van der Waals surface area contributed by atoms with E-state index in [0.717, 1.165) is 5.56 Å². The second-order valence-electron chi connectivity index (χ2n) is 6.89. The van der Waals surface area contributed by atoms with Crippen LogP contribution in [0.4, 0.5) is 0 Å². The van der Waals surface area contributed by atoms with Gasteiger partial charge in [0.1, 0.15) is 6.10 Å². The number of hydrogen-bond acceptors (Lipinski definition) is 4. The predicted octanol–water partition coefficient (Wildman–Crippen LogP) is 1.23. The predicted molar refractivity (Wildman–Crippen MR) is 96.9 cm³/mol. The van der Waals surface area contributed by atoms with Gasteiger partial charge in [-0.2, -0.15) is 0 Å². The standard InChI is InChI=1S/C19H23N3O4/c1-12(2)15-10-22(11-16(26-15)13-6-4-3-5-7-13)17(23)8-14-9-20-19(25)21-18(14)24/h3-7,9,12,15-16H,8,10-11H2,1-2H3,(H2,20,21,24,25)/t15-,16+/m1/s1. The van der Waals surface area contributed by atoms with Crippen molar-refractivity contribution in [2.75, 3.05) is 13.1 Å². The molecule has 0 spiro atoms. The lowest BCUT2D eigenvalue weighted by molar-refractivity contribution is -0.149. The molecule has 1 amide bonds. The third-order valence-electron chi connectivity index (χ3n) is 4.63. The molecule has 2 heterocycles. The van der Waals surface area contributed by atoms with Gasteiger partial charge in [-0.3, -0.25) is 14.6 Å². The molecular formula is C19H23N3O4. The van der Waals surface area contributed by atoms with E-state index >= 15 is 0 Å². The van der Waals surface area contributed by atoms with Crippen LogP contribution in [-0.4, -0.2) is 40.0 Å². The van der Waals surface area contributed by atoms with Crippen molar-refractivity contribution < 1.29 is 9.53 Å². The highest BCUT2D eigenvalue weighted by molar-refractivity contribution is 5.78. The van der Waals surface area contributed by atoms with Gasteiger partial charge in [0.25, 0.3) is 5.56 Å². The van der Waals surface area contributed by atoms with E-state index in [0.29, 0.717) is 13.1 Å². The molecule has 0 unspecified atom stereocenters. The third-order valence-corrected chi connectivity index (χ3v) is 4.63. The molecule has 1 aromatic heterocycles. The number of carbonyl (C=O) groups excluding carboxylic acids is 1. The first-order chi connectivity index (χ1) is 12.4. The number of benzene rings is 1. The summed E-state index contributed by atoms with van der Waals surface area (Å²) >= 11 is 0. The molecule has 3 rings (SSSR count). The first-order valence-corrected chi connectivity index (χ1v) is 8.73. The summed E-state index contributed by atoms with van der Waals surface area (Å²) in [5.74, 6) is 0.103. The lowest BCUT2D eigenvalue weighted by Gasteiger charge is -2.40. The lowest BCUT2D eigenvalue weighted by atomic mass is 10.0. The molecule has 7 heteroatoms. The molecule has 2 N–H and O–H groups in total. The summed E-state index contributed by atoms with van der Waals surface area (Å²) in [7, 11) is 0. The molecule has 2 aromatic rings. The van der Waals surface area contributed by atoms with Crippen molar-refractivity contribution in [3.05, 3.63) is 68.5 Å². The fourth-order valence-corrected chi connectivity index (χ4v) is 3.06. The molecule has 138 valence electrons. The van der Waals surface area contributed by atoms with E-state index in [2.05, 4.69) is 23.8 Å². The Bertz CT molecular complexity index is 872. The van der Waals surface area contributed by atoms with Crippen molar-refractivity contribution >= 4 is 5.91 Å². The largest absolute Gasteiger partial charge is 0.366 e. The van der Waals surface area contributed by atoms with E-state index in [1.54, 1.807) is 4.90 Å². The average molecular weight is 357 g/mol. The van der Waals surface area contributed by atoms with Crippen LogP contribution in [0, 0.1) is 5.92 Å². The number of nitrogens with one attached hydrogen (secondary N) is 2. The summed E-state index contributed by atoms with van der Waals surface area (Å²) in [6.45, 7) is 5.05. The first kappa shape index (κ1) is 18.1. The van der Waals surface area contributed by atoms with Crippen LogP contribution in [0.1, 0.15) is 31.1 Å². The van der Waals surface area contributed by atoms with E-state index in [9.17, 15) is 14.4 Å². The maximum atomic E-state index is 12.8. The maximum absolute atomic E-state index is 12.8. The number of hydrogen-bond donors (Lipinski definition) is 2. The van der Waals surface area contributed by atoms with E-state index in [-0.39, 0.29) is 36.0 Å². The minimum absolute atomic E-state index is 0.0571. The molecule has 0 radical (unpaired) electrons. The summed E-state index contributed by atoms with van der Waals surface area (Å²) in [6, 6.07) is 9.82. The van der Waals surface area contributed by atoms with Gasteiger partial charge in [0.15, 0.2) is 0 Å². The minimum atomic E-state index is -0.582. The van der Waals surface area contributed by atoms with Crippen LogP contribution in [0.2, 0.25) is 0 Å².